The van der Waals surface area contributed by atoms with Crippen LogP contribution >= 0.6 is 0 Å². The molecule has 0 saturated heterocycles. The number of alkyl halides is 6. The number of ether oxygens (including phenoxy) is 1. The van der Waals surface area contributed by atoms with Gasteiger partial charge in [-0.15, -0.1) is 0 Å². The van der Waals surface area contributed by atoms with Gasteiger partial charge in [0.2, 0.25) is 0 Å². The lowest BCUT2D eigenvalue weighted by Crippen LogP contribution is -2.17. The number of hydrogen-bond donors (Lipinski definition) is 0. The van der Waals surface area contributed by atoms with Crippen LogP contribution in [-0.4, -0.2) is 7.11 Å². The Kier molecular flexibility index (Phi) is 3.07. The Labute approximate surface area is 86.6 Å². The molecule has 89 valence electrons. The summed E-state index contributed by atoms with van der Waals surface area (Å²) >= 11 is 0. The summed E-state index contributed by atoms with van der Waals surface area (Å²) in [6, 6.07) is 2.90. The number of hydrogen-bond acceptors (Lipinski definition) is 1. The normalized spacial score (nSPS) is 12.7. The molecule has 0 aliphatic heterocycles. The molecule has 1 aromatic carbocycles. The summed E-state index contributed by atoms with van der Waals surface area (Å²) in [6.45, 7) is 0. The van der Waals surface area contributed by atoms with Crippen molar-refractivity contribution in [3.05, 3.63) is 29.3 Å². The van der Waals surface area contributed by atoms with E-state index in [0.717, 1.165) is 7.11 Å². The van der Waals surface area contributed by atoms with Gasteiger partial charge in [0, 0.05) is 0 Å². The van der Waals surface area contributed by atoms with Crippen molar-refractivity contribution in [2.45, 2.75) is 12.4 Å². The third-order valence-electron chi connectivity index (χ3n) is 1.77. The Balaban J connectivity index is 3.51. The molecular weight excluding hydrogens is 238 g/mol. The zero-order valence-electron chi connectivity index (χ0n) is 7.83. The van der Waals surface area contributed by atoms with E-state index in [-0.39, 0.29) is 6.07 Å². The molecule has 0 aromatic heterocycles. The molecule has 0 bridgehead atoms. The first-order valence-electron chi connectivity index (χ1n) is 3.90. The van der Waals surface area contributed by atoms with Crippen molar-refractivity contribution >= 4 is 0 Å². The maximum atomic E-state index is 12.4. The van der Waals surface area contributed by atoms with Crippen LogP contribution in [0.1, 0.15) is 11.1 Å². The van der Waals surface area contributed by atoms with E-state index in [4.69, 9.17) is 0 Å². The molecule has 7 heteroatoms. The van der Waals surface area contributed by atoms with Gasteiger partial charge in [0.15, 0.2) is 0 Å². The zero-order chi connectivity index (χ0) is 12.6. The second kappa shape index (κ2) is 3.88. The van der Waals surface area contributed by atoms with Crippen molar-refractivity contribution in [3.63, 3.8) is 0 Å². The fraction of sp³-hybridized carbons (Fsp3) is 0.333. The van der Waals surface area contributed by atoms with Gasteiger partial charge in [-0.05, 0) is 18.2 Å². The summed E-state index contributed by atoms with van der Waals surface area (Å²) in [5.74, 6) is -0.901. The van der Waals surface area contributed by atoms with Crippen molar-refractivity contribution < 1.29 is 31.1 Å². The predicted molar refractivity (Wildman–Crippen MR) is 41.8 cm³/mol. The predicted octanol–water partition coefficient (Wildman–Crippen LogP) is 3.53. The van der Waals surface area contributed by atoms with Crippen LogP contribution in [0.2, 0.25) is 0 Å². The molecule has 0 atom stereocenters. The lowest BCUT2D eigenvalue weighted by molar-refractivity contribution is -0.162. The highest BCUT2D eigenvalue weighted by atomic mass is 19.4. The van der Waals surface area contributed by atoms with E-state index in [9.17, 15) is 26.3 Å². The van der Waals surface area contributed by atoms with E-state index >= 15 is 0 Å². The molecule has 0 aliphatic rings. The molecule has 0 saturated carbocycles. The van der Waals surface area contributed by atoms with Crippen LogP contribution in [0.3, 0.4) is 0 Å². The maximum absolute atomic E-state index is 12.4. The number of methoxy groups -OCH3 is 1. The van der Waals surface area contributed by atoms with Crippen molar-refractivity contribution in [1.29, 1.82) is 0 Å². The van der Waals surface area contributed by atoms with Gasteiger partial charge in [-0.25, -0.2) is 0 Å². The van der Waals surface area contributed by atoms with Gasteiger partial charge in [0.25, 0.3) is 0 Å². The number of benzene rings is 1. The summed E-state index contributed by atoms with van der Waals surface area (Å²) in [5.41, 5.74) is -3.64. The van der Waals surface area contributed by atoms with Gasteiger partial charge >= 0.3 is 12.4 Å². The van der Waals surface area contributed by atoms with Gasteiger partial charge in [0.05, 0.1) is 12.7 Å². The third kappa shape index (κ3) is 2.40. The van der Waals surface area contributed by atoms with Crippen molar-refractivity contribution in [2.75, 3.05) is 7.11 Å². The molecular formula is C9H5F6O. The topological polar surface area (TPSA) is 9.23 Å². The summed E-state index contributed by atoms with van der Waals surface area (Å²) in [6.07, 6.45) is -10.2. The molecule has 0 unspecified atom stereocenters. The van der Waals surface area contributed by atoms with Gasteiger partial charge in [-0.2, -0.15) is 26.3 Å². The smallest absolute Gasteiger partial charge is 0.420 e. The molecule has 0 heterocycles. The molecule has 0 aliphatic carbocycles. The standard InChI is InChI=1S/C9H5F6O/c1-16-6-4-2-3-5(8(10,11)12)7(6)9(13,14)15/h3-4H,1H3. The van der Waals surface area contributed by atoms with E-state index in [1.807, 2.05) is 6.07 Å². The van der Waals surface area contributed by atoms with Crippen LogP contribution in [0.5, 0.6) is 5.75 Å². The van der Waals surface area contributed by atoms with Crippen molar-refractivity contribution in [2.24, 2.45) is 0 Å². The third-order valence-corrected chi connectivity index (χ3v) is 1.77. The van der Waals surface area contributed by atoms with E-state index in [1.54, 1.807) is 0 Å². The number of halogens is 6. The highest BCUT2D eigenvalue weighted by Gasteiger charge is 2.45. The first-order chi connectivity index (χ1) is 7.18. The van der Waals surface area contributed by atoms with Crippen LogP contribution in [-0.2, 0) is 12.4 Å². The molecule has 1 aromatic rings. The minimum absolute atomic E-state index is 0.241. The summed E-state index contributed by atoms with van der Waals surface area (Å²) in [4.78, 5) is 0. The molecule has 1 rings (SSSR count). The van der Waals surface area contributed by atoms with Crippen LogP contribution < -0.4 is 4.74 Å². The van der Waals surface area contributed by atoms with E-state index in [0.29, 0.717) is 6.07 Å². The van der Waals surface area contributed by atoms with Gasteiger partial charge < -0.3 is 4.74 Å². The summed E-state index contributed by atoms with van der Waals surface area (Å²) in [7, 11) is 0.860. The summed E-state index contributed by atoms with van der Waals surface area (Å²) < 4.78 is 78.5. The Hall–Kier alpha value is -1.40. The van der Waals surface area contributed by atoms with E-state index in [2.05, 4.69) is 4.74 Å². The molecule has 0 amide bonds. The monoisotopic (exact) mass is 243 g/mol. The minimum atomic E-state index is -5.13. The van der Waals surface area contributed by atoms with Crippen molar-refractivity contribution in [3.8, 4) is 5.75 Å². The first-order valence-corrected chi connectivity index (χ1v) is 3.90. The molecule has 16 heavy (non-hydrogen) atoms. The lowest BCUT2D eigenvalue weighted by atomic mass is 10.1. The Bertz CT molecular complexity index is 379. The van der Waals surface area contributed by atoms with E-state index in [1.165, 1.54) is 0 Å². The fourth-order valence-corrected chi connectivity index (χ4v) is 1.15. The van der Waals surface area contributed by atoms with Crippen LogP contribution in [0.4, 0.5) is 26.3 Å². The largest absolute Gasteiger partial charge is 0.496 e. The van der Waals surface area contributed by atoms with Gasteiger partial charge in [0.1, 0.15) is 11.3 Å². The van der Waals surface area contributed by atoms with Gasteiger partial charge in [-0.3, -0.25) is 0 Å². The fourth-order valence-electron chi connectivity index (χ4n) is 1.15. The van der Waals surface area contributed by atoms with E-state index < -0.39 is 29.2 Å². The molecule has 0 N–H and O–H groups in total. The molecule has 1 nitrogen and oxygen atoms in total. The van der Waals surface area contributed by atoms with Crippen LogP contribution in [0, 0.1) is 6.07 Å². The molecule has 0 fully saturated rings. The summed E-state index contributed by atoms with van der Waals surface area (Å²) in [5, 5.41) is 0. The highest BCUT2D eigenvalue weighted by Crippen LogP contribution is 2.44. The van der Waals surface area contributed by atoms with Crippen LogP contribution in [0.15, 0.2) is 12.1 Å². The second-order valence-electron chi connectivity index (χ2n) is 2.81. The minimum Gasteiger partial charge on any atom is -0.496 e. The lowest BCUT2D eigenvalue weighted by Gasteiger charge is -2.17. The maximum Gasteiger partial charge on any atom is 0.420 e. The second-order valence-corrected chi connectivity index (χ2v) is 2.81. The molecule has 0 spiro atoms. The Morgan fingerprint density at radius 1 is 1.00 bits per heavy atom. The Morgan fingerprint density at radius 3 is 1.94 bits per heavy atom. The van der Waals surface area contributed by atoms with Crippen LogP contribution in [0.25, 0.3) is 0 Å². The zero-order valence-corrected chi connectivity index (χ0v) is 7.83. The molecule has 1 radical (unpaired) electrons. The highest BCUT2D eigenvalue weighted by molar-refractivity contribution is 5.43. The quantitative estimate of drug-likeness (QED) is 0.685. The van der Waals surface area contributed by atoms with Gasteiger partial charge in [-0.1, -0.05) is 0 Å². The average molecular weight is 243 g/mol. The number of rotatable bonds is 1. The SMILES string of the molecule is COc1c[c]cc(C(F)(F)F)c1C(F)(F)F. The first kappa shape index (κ1) is 12.7. The Morgan fingerprint density at radius 2 is 1.56 bits per heavy atom. The average Bonchev–Trinajstić information content (AvgIpc) is 2.13. The van der Waals surface area contributed by atoms with Crippen molar-refractivity contribution in [1.82, 2.24) is 0 Å².